The van der Waals surface area contributed by atoms with Crippen molar-refractivity contribution < 1.29 is 4.74 Å². The van der Waals surface area contributed by atoms with Gasteiger partial charge in [-0.15, -0.1) is 0 Å². The molecule has 0 radical (unpaired) electrons. The second-order valence-electron chi connectivity index (χ2n) is 6.43. The van der Waals surface area contributed by atoms with Crippen LogP contribution in [-0.4, -0.2) is 6.54 Å². The molecule has 0 bridgehead atoms. The van der Waals surface area contributed by atoms with Crippen LogP contribution in [0.4, 0.5) is 0 Å². The summed E-state index contributed by atoms with van der Waals surface area (Å²) in [7, 11) is 0. The molecule has 2 nitrogen and oxygen atoms in total. The summed E-state index contributed by atoms with van der Waals surface area (Å²) in [5.41, 5.74) is 2.59. The second kappa shape index (κ2) is 8.50. The van der Waals surface area contributed by atoms with Gasteiger partial charge in [0.05, 0.1) is 0 Å². The van der Waals surface area contributed by atoms with E-state index in [0.29, 0.717) is 12.0 Å². The predicted octanol–water partition coefficient (Wildman–Crippen LogP) is 5.93. The molecule has 0 amide bonds. The van der Waals surface area contributed by atoms with Gasteiger partial charge in [-0.3, -0.25) is 0 Å². The first-order valence-corrected chi connectivity index (χ1v) is 8.83. The van der Waals surface area contributed by atoms with Crippen molar-refractivity contribution in [3.63, 3.8) is 0 Å². The molecular weight excluding hydrogens is 306 g/mol. The zero-order chi connectivity index (χ0) is 17.5. The Labute approximate surface area is 150 Å². The molecule has 0 aliphatic rings. The fourth-order valence-corrected chi connectivity index (χ4v) is 2.84. The van der Waals surface area contributed by atoms with Gasteiger partial charge in [0.2, 0.25) is 0 Å². The van der Waals surface area contributed by atoms with Gasteiger partial charge in [0.25, 0.3) is 0 Å². The highest BCUT2D eigenvalue weighted by Gasteiger charge is 2.10. The van der Waals surface area contributed by atoms with E-state index in [2.05, 4.69) is 67.7 Å². The number of ether oxygens (including phenoxy) is 1. The van der Waals surface area contributed by atoms with Crippen molar-refractivity contribution in [3.8, 4) is 11.5 Å². The Bertz CT molecular complexity index is 770. The van der Waals surface area contributed by atoms with Crippen molar-refractivity contribution in [1.82, 2.24) is 5.32 Å². The van der Waals surface area contributed by atoms with Gasteiger partial charge in [-0.2, -0.15) is 0 Å². The number of hydrogen-bond acceptors (Lipinski definition) is 2. The summed E-state index contributed by atoms with van der Waals surface area (Å²) >= 11 is 0. The van der Waals surface area contributed by atoms with E-state index in [1.54, 1.807) is 0 Å². The van der Waals surface area contributed by atoms with Crippen LogP contribution in [-0.2, 0) is 0 Å². The van der Waals surface area contributed by atoms with E-state index in [0.717, 1.165) is 18.0 Å². The Balaban J connectivity index is 1.60. The lowest BCUT2D eigenvalue weighted by Gasteiger charge is -2.19. The summed E-state index contributed by atoms with van der Waals surface area (Å²) in [6, 6.07) is 29.1. The smallest absolute Gasteiger partial charge is 0.127 e. The van der Waals surface area contributed by atoms with Gasteiger partial charge in [-0.25, -0.2) is 0 Å². The van der Waals surface area contributed by atoms with Gasteiger partial charge in [0.15, 0.2) is 0 Å². The maximum Gasteiger partial charge on any atom is 0.127 e. The van der Waals surface area contributed by atoms with Crippen molar-refractivity contribution in [2.75, 3.05) is 6.54 Å². The predicted molar refractivity (Wildman–Crippen MR) is 104 cm³/mol. The van der Waals surface area contributed by atoms with Crippen LogP contribution in [0.1, 0.15) is 36.9 Å². The van der Waals surface area contributed by atoms with Gasteiger partial charge in [0, 0.05) is 12.6 Å². The minimum atomic E-state index is 0.340. The molecule has 128 valence electrons. The highest BCUT2D eigenvalue weighted by molar-refractivity contribution is 5.35. The molecule has 3 rings (SSSR count). The molecule has 0 spiro atoms. The first-order chi connectivity index (χ1) is 12.2. The molecule has 2 atom stereocenters. The number of nitrogens with one attached hydrogen (secondary N) is 1. The first-order valence-electron chi connectivity index (χ1n) is 8.83. The number of rotatable bonds is 7. The van der Waals surface area contributed by atoms with Crippen LogP contribution in [0.5, 0.6) is 11.5 Å². The summed E-state index contributed by atoms with van der Waals surface area (Å²) in [5.74, 6) is 2.15. The van der Waals surface area contributed by atoms with E-state index >= 15 is 0 Å². The third-order valence-corrected chi connectivity index (χ3v) is 4.44. The molecule has 0 saturated heterocycles. The zero-order valence-corrected chi connectivity index (χ0v) is 14.9. The number of hydrogen-bond donors (Lipinski definition) is 1. The van der Waals surface area contributed by atoms with Crippen LogP contribution in [0.15, 0.2) is 84.9 Å². The van der Waals surface area contributed by atoms with E-state index in [1.165, 1.54) is 11.1 Å². The molecule has 0 saturated carbocycles. The standard InChI is InChI=1S/C23H25NO/c1-18(17-24-19(2)20-10-5-3-6-11-20)21-12-9-15-23(16-21)25-22-13-7-4-8-14-22/h3-16,18-19,24H,17H2,1-2H3. The molecule has 1 N–H and O–H groups in total. The third-order valence-electron chi connectivity index (χ3n) is 4.44. The fraction of sp³-hybridized carbons (Fsp3) is 0.217. The second-order valence-corrected chi connectivity index (χ2v) is 6.43. The highest BCUT2D eigenvalue weighted by atomic mass is 16.5. The fourth-order valence-electron chi connectivity index (χ4n) is 2.84. The maximum absolute atomic E-state index is 5.94. The number of para-hydroxylation sites is 1. The summed E-state index contributed by atoms with van der Waals surface area (Å²) < 4.78 is 5.94. The largest absolute Gasteiger partial charge is 0.457 e. The lowest BCUT2D eigenvalue weighted by atomic mass is 10.00. The van der Waals surface area contributed by atoms with E-state index in [9.17, 15) is 0 Å². The van der Waals surface area contributed by atoms with Crippen molar-refractivity contribution in [3.05, 3.63) is 96.1 Å². The molecule has 3 aromatic rings. The Kier molecular flexibility index (Phi) is 5.86. The van der Waals surface area contributed by atoms with Crippen molar-refractivity contribution >= 4 is 0 Å². The lowest BCUT2D eigenvalue weighted by molar-refractivity contribution is 0.480. The lowest BCUT2D eigenvalue weighted by Crippen LogP contribution is -2.23. The van der Waals surface area contributed by atoms with Gasteiger partial charge in [0.1, 0.15) is 11.5 Å². The molecule has 0 fully saturated rings. The SMILES string of the molecule is CC(CNC(C)c1ccccc1)c1cccc(Oc2ccccc2)c1. The van der Waals surface area contributed by atoms with E-state index in [-0.39, 0.29) is 0 Å². The maximum atomic E-state index is 5.94. The van der Waals surface area contributed by atoms with Crippen LogP contribution in [0.2, 0.25) is 0 Å². The Morgan fingerprint density at radius 2 is 1.32 bits per heavy atom. The van der Waals surface area contributed by atoms with Crippen LogP contribution < -0.4 is 10.1 Å². The first kappa shape index (κ1) is 17.2. The molecular formula is C23H25NO. The molecule has 2 unspecified atom stereocenters. The normalized spacial score (nSPS) is 13.2. The molecule has 3 aromatic carbocycles. The zero-order valence-electron chi connectivity index (χ0n) is 14.9. The van der Waals surface area contributed by atoms with Crippen LogP contribution >= 0.6 is 0 Å². The summed E-state index contributed by atoms with van der Waals surface area (Å²) in [6.45, 7) is 5.37. The topological polar surface area (TPSA) is 21.3 Å². The molecule has 0 heterocycles. The average molecular weight is 331 g/mol. The highest BCUT2D eigenvalue weighted by Crippen LogP contribution is 2.25. The van der Waals surface area contributed by atoms with Crippen molar-refractivity contribution in [1.29, 1.82) is 0 Å². The Morgan fingerprint density at radius 3 is 2.04 bits per heavy atom. The van der Waals surface area contributed by atoms with Gasteiger partial charge in [-0.05, 0) is 48.2 Å². The van der Waals surface area contributed by atoms with Gasteiger partial charge >= 0.3 is 0 Å². The van der Waals surface area contributed by atoms with E-state index in [1.807, 2.05) is 36.4 Å². The Morgan fingerprint density at radius 1 is 0.720 bits per heavy atom. The third kappa shape index (κ3) is 4.94. The summed E-state index contributed by atoms with van der Waals surface area (Å²) in [6.07, 6.45) is 0. The van der Waals surface area contributed by atoms with Crippen molar-refractivity contribution in [2.24, 2.45) is 0 Å². The van der Waals surface area contributed by atoms with E-state index in [4.69, 9.17) is 4.74 Å². The van der Waals surface area contributed by atoms with Crippen LogP contribution in [0, 0.1) is 0 Å². The summed E-state index contributed by atoms with van der Waals surface area (Å²) in [4.78, 5) is 0. The molecule has 0 aliphatic heterocycles. The number of benzene rings is 3. The summed E-state index contributed by atoms with van der Waals surface area (Å²) in [5, 5.41) is 3.63. The van der Waals surface area contributed by atoms with E-state index < -0.39 is 0 Å². The monoisotopic (exact) mass is 331 g/mol. The molecule has 0 aromatic heterocycles. The van der Waals surface area contributed by atoms with Crippen molar-refractivity contribution in [2.45, 2.75) is 25.8 Å². The minimum Gasteiger partial charge on any atom is -0.457 e. The molecule has 0 aliphatic carbocycles. The average Bonchev–Trinajstić information content (AvgIpc) is 2.67. The Hall–Kier alpha value is -2.58. The van der Waals surface area contributed by atoms with Gasteiger partial charge in [-0.1, -0.05) is 67.6 Å². The van der Waals surface area contributed by atoms with Crippen LogP contribution in [0.25, 0.3) is 0 Å². The minimum absolute atomic E-state index is 0.340. The molecule has 25 heavy (non-hydrogen) atoms. The molecule has 2 heteroatoms. The quantitative estimate of drug-likeness (QED) is 0.579. The van der Waals surface area contributed by atoms with Crippen LogP contribution in [0.3, 0.4) is 0 Å². The van der Waals surface area contributed by atoms with Gasteiger partial charge < -0.3 is 10.1 Å².